The van der Waals surface area contributed by atoms with E-state index in [4.69, 9.17) is 4.74 Å². The fourth-order valence-electron chi connectivity index (χ4n) is 2.68. The second kappa shape index (κ2) is 12.4. The van der Waals surface area contributed by atoms with E-state index in [-0.39, 0.29) is 0 Å². The van der Waals surface area contributed by atoms with Gasteiger partial charge < -0.3 is 4.74 Å². The Morgan fingerprint density at radius 2 is 1.12 bits per heavy atom. The molecule has 0 saturated carbocycles. The highest BCUT2D eigenvalue weighted by Crippen LogP contribution is 2.28. The average molecular weight is 242 g/mol. The summed E-state index contributed by atoms with van der Waals surface area (Å²) in [6.45, 7) is 7.86. The molecule has 0 radical (unpaired) electrons. The van der Waals surface area contributed by atoms with Crippen LogP contribution in [0.5, 0.6) is 0 Å². The van der Waals surface area contributed by atoms with Gasteiger partial charge in [-0.05, 0) is 18.3 Å². The molecular weight excluding hydrogens is 208 g/mol. The van der Waals surface area contributed by atoms with Crippen LogP contribution in [0.4, 0.5) is 0 Å². The second-order valence-corrected chi connectivity index (χ2v) is 5.40. The Morgan fingerprint density at radius 3 is 1.47 bits per heavy atom. The third-order valence-electron chi connectivity index (χ3n) is 3.83. The number of unbranched alkanes of at least 4 members (excludes halogenated alkanes) is 3. The van der Waals surface area contributed by atoms with Crippen LogP contribution < -0.4 is 0 Å². The molecule has 0 aromatic carbocycles. The van der Waals surface area contributed by atoms with Crippen molar-refractivity contribution in [2.75, 3.05) is 13.7 Å². The predicted octanol–water partition coefficient (Wildman–Crippen LogP) is 5.44. The molecule has 0 aromatic rings. The van der Waals surface area contributed by atoms with Gasteiger partial charge in [0, 0.05) is 13.7 Å². The van der Waals surface area contributed by atoms with Crippen molar-refractivity contribution in [3.05, 3.63) is 0 Å². The van der Waals surface area contributed by atoms with Crippen molar-refractivity contribution < 1.29 is 4.74 Å². The molecule has 0 bridgehead atoms. The molecule has 0 N–H and O–H groups in total. The van der Waals surface area contributed by atoms with Crippen molar-refractivity contribution in [3.8, 4) is 0 Å². The molecule has 0 amide bonds. The second-order valence-electron chi connectivity index (χ2n) is 5.40. The highest BCUT2D eigenvalue weighted by molar-refractivity contribution is 4.70. The van der Waals surface area contributed by atoms with Gasteiger partial charge in [-0.2, -0.15) is 0 Å². The number of ether oxygens (including phenoxy) is 1. The number of hydrogen-bond acceptors (Lipinski definition) is 1. The minimum absolute atomic E-state index is 0.804. The monoisotopic (exact) mass is 242 g/mol. The van der Waals surface area contributed by atoms with Crippen molar-refractivity contribution in [2.24, 2.45) is 11.8 Å². The Bertz CT molecular complexity index is 136. The van der Waals surface area contributed by atoms with Crippen LogP contribution in [-0.4, -0.2) is 13.7 Å². The summed E-state index contributed by atoms with van der Waals surface area (Å²) in [6.07, 6.45) is 12.3. The van der Waals surface area contributed by atoms with Crippen LogP contribution in [0.15, 0.2) is 0 Å². The average Bonchev–Trinajstić information content (AvgIpc) is 2.35. The minimum Gasteiger partial charge on any atom is -0.384 e. The smallest absolute Gasteiger partial charge is 0.0493 e. The summed E-state index contributed by atoms with van der Waals surface area (Å²) in [5.74, 6) is 1.71. The van der Waals surface area contributed by atoms with Gasteiger partial charge in [-0.15, -0.1) is 0 Å². The summed E-state index contributed by atoms with van der Waals surface area (Å²) in [6, 6.07) is 0. The van der Waals surface area contributed by atoms with Crippen molar-refractivity contribution in [3.63, 3.8) is 0 Å². The van der Waals surface area contributed by atoms with Gasteiger partial charge in [0.1, 0.15) is 0 Å². The van der Waals surface area contributed by atoms with E-state index in [1.165, 1.54) is 57.8 Å². The lowest BCUT2D eigenvalue weighted by Gasteiger charge is -2.27. The van der Waals surface area contributed by atoms with Gasteiger partial charge in [-0.1, -0.05) is 72.1 Å². The largest absolute Gasteiger partial charge is 0.384 e. The first-order valence-corrected chi connectivity index (χ1v) is 7.78. The molecule has 0 aromatic heterocycles. The number of rotatable bonds is 12. The number of methoxy groups -OCH3 is 1. The Balaban J connectivity index is 4.20. The Hall–Kier alpha value is -0.0400. The SMILES string of the molecule is CCCCC(CCCC)C(CCCC)COC. The van der Waals surface area contributed by atoms with E-state index in [1.807, 2.05) is 7.11 Å². The molecule has 1 unspecified atom stereocenters. The Kier molecular flexibility index (Phi) is 12.4. The lowest BCUT2D eigenvalue weighted by Crippen LogP contribution is -2.20. The number of hydrogen-bond donors (Lipinski definition) is 0. The van der Waals surface area contributed by atoms with Crippen molar-refractivity contribution in [2.45, 2.75) is 78.6 Å². The van der Waals surface area contributed by atoms with Gasteiger partial charge in [0.25, 0.3) is 0 Å². The summed E-state index contributed by atoms with van der Waals surface area (Å²) >= 11 is 0. The van der Waals surface area contributed by atoms with Crippen LogP contribution in [-0.2, 0) is 4.74 Å². The molecule has 0 heterocycles. The van der Waals surface area contributed by atoms with Crippen LogP contribution in [0.2, 0.25) is 0 Å². The van der Waals surface area contributed by atoms with E-state index in [0.29, 0.717) is 0 Å². The zero-order chi connectivity index (χ0) is 12.9. The van der Waals surface area contributed by atoms with E-state index in [2.05, 4.69) is 20.8 Å². The first kappa shape index (κ1) is 17.0. The lowest BCUT2D eigenvalue weighted by molar-refractivity contribution is 0.104. The maximum atomic E-state index is 5.44. The van der Waals surface area contributed by atoms with Crippen molar-refractivity contribution in [1.82, 2.24) is 0 Å². The molecule has 104 valence electrons. The highest BCUT2D eigenvalue weighted by Gasteiger charge is 2.20. The standard InChI is InChI=1S/C16H34O/c1-5-8-11-15(12-9-6-2)16(14-17-4)13-10-7-3/h15-16H,5-14H2,1-4H3. The summed E-state index contributed by atoms with van der Waals surface area (Å²) < 4.78 is 5.44. The van der Waals surface area contributed by atoms with Crippen LogP contribution in [0.3, 0.4) is 0 Å². The molecular formula is C16H34O. The summed E-state index contributed by atoms with van der Waals surface area (Å²) in [4.78, 5) is 0. The molecule has 1 nitrogen and oxygen atoms in total. The van der Waals surface area contributed by atoms with Gasteiger partial charge in [0.2, 0.25) is 0 Å². The van der Waals surface area contributed by atoms with Gasteiger partial charge in [-0.25, -0.2) is 0 Å². The van der Waals surface area contributed by atoms with Crippen LogP contribution in [0.1, 0.15) is 78.6 Å². The van der Waals surface area contributed by atoms with Gasteiger partial charge >= 0.3 is 0 Å². The fraction of sp³-hybridized carbons (Fsp3) is 1.00. The van der Waals surface area contributed by atoms with E-state index >= 15 is 0 Å². The molecule has 17 heavy (non-hydrogen) atoms. The molecule has 0 saturated heterocycles. The third kappa shape index (κ3) is 8.65. The molecule has 0 spiro atoms. The predicted molar refractivity (Wildman–Crippen MR) is 77.4 cm³/mol. The Labute approximate surface area is 109 Å². The zero-order valence-electron chi connectivity index (χ0n) is 12.6. The first-order chi connectivity index (χ1) is 8.29. The van der Waals surface area contributed by atoms with E-state index in [9.17, 15) is 0 Å². The summed E-state index contributed by atoms with van der Waals surface area (Å²) in [7, 11) is 1.86. The maximum Gasteiger partial charge on any atom is 0.0493 e. The van der Waals surface area contributed by atoms with Gasteiger partial charge in [0.15, 0.2) is 0 Å². The van der Waals surface area contributed by atoms with Crippen molar-refractivity contribution >= 4 is 0 Å². The lowest BCUT2D eigenvalue weighted by atomic mass is 9.81. The summed E-state index contributed by atoms with van der Waals surface area (Å²) in [5.41, 5.74) is 0. The molecule has 0 aliphatic heterocycles. The third-order valence-corrected chi connectivity index (χ3v) is 3.83. The first-order valence-electron chi connectivity index (χ1n) is 7.78. The topological polar surface area (TPSA) is 9.23 Å². The molecule has 0 fully saturated rings. The van der Waals surface area contributed by atoms with E-state index in [0.717, 1.165) is 18.4 Å². The Morgan fingerprint density at radius 1 is 0.706 bits per heavy atom. The molecule has 1 heteroatoms. The molecule has 0 aliphatic carbocycles. The van der Waals surface area contributed by atoms with Crippen LogP contribution in [0, 0.1) is 11.8 Å². The molecule has 1 atom stereocenters. The summed E-state index contributed by atoms with van der Waals surface area (Å²) in [5, 5.41) is 0. The highest BCUT2D eigenvalue weighted by atomic mass is 16.5. The fourth-order valence-corrected chi connectivity index (χ4v) is 2.68. The quantitative estimate of drug-likeness (QED) is 0.443. The molecule has 0 rings (SSSR count). The van der Waals surface area contributed by atoms with Gasteiger partial charge in [-0.3, -0.25) is 0 Å². The van der Waals surface area contributed by atoms with E-state index in [1.54, 1.807) is 0 Å². The normalized spacial score (nSPS) is 13.2. The zero-order valence-corrected chi connectivity index (χ0v) is 12.6. The van der Waals surface area contributed by atoms with Crippen LogP contribution >= 0.6 is 0 Å². The van der Waals surface area contributed by atoms with Crippen LogP contribution in [0.25, 0.3) is 0 Å². The molecule has 0 aliphatic rings. The van der Waals surface area contributed by atoms with Gasteiger partial charge in [0.05, 0.1) is 0 Å². The minimum atomic E-state index is 0.804. The maximum absolute atomic E-state index is 5.44. The van der Waals surface area contributed by atoms with Crippen molar-refractivity contribution in [1.29, 1.82) is 0 Å². The van der Waals surface area contributed by atoms with E-state index < -0.39 is 0 Å².